The molecule has 0 aliphatic carbocycles. The Morgan fingerprint density at radius 1 is 1.06 bits per heavy atom. The summed E-state index contributed by atoms with van der Waals surface area (Å²) in [5.74, 6) is 1.56. The molecule has 0 radical (unpaired) electrons. The molecule has 1 amide bonds. The molecule has 0 atom stereocenters. The van der Waals surface area contributed by atoms with Crippen LogP contribution < -0.4 is 15.0 Å². The maximum atomic E-state index is 12.8. The molecular formula is C24H26N4O2S. The molecule has 0 unspecified atom stereocenters. The molecular weight excluding hydrogens is 408 g/mol. The summed E-state index contributed by atoms with van der Waals surface area (Å²) in [6, 6.07) is 15.9. The van der Waals surface area contributed by atoms with Crippen molar-refractivity contribution in [2.75, 3.05) is 30.4 Å². The lowest BCUT2D eigenvalue weighted by Gasteiger charge is -2.32. The predicted molar refractivity (Wildman–Crippen MR) is 124 cm³/mol. The molecule has 7 heteroatoms. The Morgan fingerprint density at radius 2 is 1.77 bits per heavy atom. The van der Waals surface area contributed by atoms with Crippen molar-refractivity contribution in [1.29, 1.82) is 0 Å². The summed E-state index contributed by atoms with van der Waals surface area (Å²) in [5.41, 5.74) is 1.94. The van der Waals surface area contributed by atoms with Crippen LogP contribution in [0.5, 0.6) is 5.75 Å². The van der Waals surface area contributed by atoms with E-state index in [0.29, 0.717) is 11.4 Å². The standard InChI is InChI=1S/C24H26N4O2S/c1-17-7-9-19(10-8-17)31-24-22(25-13-14-26-24)28-15-11-18(12-16-28)23(29)27-20-5-3-4-6-21(20)30-2/h3-10,13-14,18H,11-12,15-16H2,1-2H3,(H,27,29). The largest absolute Gasteiger partial charge is 0.495 e. The van der Waals surface area contributed by atoms with E-state index in [-0.39, 0.29) is 11.8 Å². The zero-order valence-electron chi connectivity index (χ0n) is 17.7. The van der Waals surface area contributed by atoms with Crippen molar-refractivity contribution < 1.29 is 9.53 Å². The molecule has 1 aromatic heterocycles. The first-order valence-electron chi connectivity index (χ1n) is 10.4. The summed E-state index contributed by atoms with van der Waals surface area (Å²) >= 11 is 1.62. The van der Waals surface area contributed by atoms with E-state index in [1.54, 1.807) is 31.3 Å². The normalized spacial score (nSPS) is 14.3. The average Bonchev–Trinajstić information content (AvgIpc) is 2.81. The van der Waals surface area contributed by atoms with Crippen LogP contribution >= 0.6 is 11.8 Å². The summed E-state index contributed by atoms with van der Waals surface area (Å²) in [6.45, 7) is 3.62. The Balaban J connectivity index is 1.40. The molecule has 4 rings (SSSR count). The van der Waals surface area contributed by atoms with Crippen LogP contribution in [0.2, 0.25) is 0 Å². The van der Waals surface area contributed by atoms with E-state index in [1.807, 2.05) is 24.3 Å². The molecule has 0 bridgehead atoms. The van der Waals surface area contributed by atoms with Crippen LogP contribution in [0.25, 0.3) is 0 Å². The summed E-state index contributed by atoms with van der Waals surface area (Å²) in [7, 11) is 1.61. The lowest BCUT2D eigenvalue weighted by Crippen LogP contribution is -2.39. The monoisotopic (exact) mass is 434 g/mol. The quantitative estimate of drug-likeness (QED) is 0.601. The van der Waals surface area contributed by atoms with E-state index in [4.69, 9.17) is 4.74 Å². The van der Waals surface area contributed by atoms with Gasteiger partial charge in [0.05, 0.1) is 12.8 Å². The molecule has 1 saturated heterocycles. The van der Waals surface area contributed by atoms with Crippen molar-refractivity contribution in [3.8, 4) is 5.75 Å². The minimum absolute atomic E-state index is 0.0361. The minimum atomic E-state index is -0.0361. The first-order valence-corrected chi connectivity index (χ1v) is 11.2. The molecule has 1 fully saturated rings. The number of para-hydroxylation sites is 2. The SMILES string of the molecule is COc1ccccc1NC(=O)C1CCN(c2nccnc2Sc2ccc(C)cc2)CC1. The van der Waals surface area contributed by atoms with E-state index in [1.165, 1.54) is 5.56 Å². The lowest BCUT2D eigenvalue weighted by molar-refractivity contribution is -0.120. The number of ether oxygens (including phenoxy) is 1. The van der Waals surface area contributed by atoms with Gasteiger partial charge in [0.25, 0.3) is 0 Å². The summed E-state index contributed by atoms with van der Waals surface area (Å²) in [5, 5.41) is 3.91. The van der Waals surface area contributed by atoms with Crippen LogP contribution in [0.1, 0.15) is 18.4 Å². The van der Waals surface area contributed by atoms with Crippen molar-refractivity contribution >= 4 is 29.2 Å². The fraction of sp³-hybridized carbons (Fsp3) is 0.292. The smallest absolute Gasteiger partial charge is 0.227 e. The van der Waals surface area contributed by atoms with Crippen LogP contribution in [0.15, 0.2) is 70.8 Å². The second kappa shape index (κ2) is 9.83. The number of aromatic nitrogens is 2. The van der Waals surface area contributed by atoms with Gasteiger partial charge in [-0.05, 0) is 44.0 Å². The highest BCUT2D eigenvalue weighted by molar-refractivity contribution is 7.99. The van der Waals surface area contributed by atoms with Gasteiger partial charge in [0.2, 0.25) is 5.91 Å². The molecule has 0 spiro atoms. The number of carbonyl (C=O) groups excluding carboxylic acids is 1. The van der Waals surface area contributed by atoms with Gasteiger partial charge < -0.3 is 15.0 Å². The number of methoxy groups -OCH3 is 1. The average molecular weight is 435 g/mol. The molecule has 1 N–H and O–H groups in total. The van der Waals surface area contributed by atoms with Crippen molar-refractivity contribution in [3.05, 3.63) is 66.5 Å². The fourth-order valence-electron chi connectivity index (χ4n) is 3.66. The van der Waals surface area contributed by atoms with Crippen molar-refractivity contribution in [2.24, 2.45) is 5.92 Å². The van der Waals surface area contributed by atoms with Crippen LogP contribution in [0, 0.1) is 12.8 Å². The third-order valence-electron chi connectivity index (χ3n) is 5.41. The molecule has 31 heavy (non-hydrogen) atoms. The lowest BCUT2D eigenvalue weighted by atomic mass is 9.96. The van der Waals surface area contributed by atoms with E-state index < -0.39 is 0 Å². The topological polar surface area (TPSA) is 67.3 Å². The maximum Gasteiger partial charge on any atom is 0.227 e. The van der Waals surface area contributed by atoms with Gasteiger partial charge in [0.1, 0.15) is 10.8 Å². The molecule has 0 saturated carbocycles. The van der Waals surface area contributed by atoms with Gasteiger partial charge in [0, 0.05) is 36.3 Å². The second-order valence-electron chi connectivity index (χ2n) is 7.55. The molecule has 1 aliphatic heterocycles. The summed E-state index contributed by atoms with van der Waals surface area (Å²) < 4.78 is 5.34. The summed E-state index contributed by atoms with van der Waals surface area (Å²) in [6.07, 6.45) is 5.00. The number of anilines is 2. The Morgan fingerprint density at radius 3 is 2.52 bits per heavy atom. The van der Waals surface area contributed by atoms with Crippen LogP contribution in [-0.2, 0) is 4.79 Å². The molecule has 160 valence electrons. The number of hydrogen-bond acceptors (Lipinski definition) is 6. The zero-order chi connectivity index (χ0) is 21.6. The van der Waals surface area contributed by atoms with Gasteiger partial charge >= 0.3 is 0 Å². The van der Waals surface area contributed by atoms with Crippen molar-refractivity contribution in [2.45, 2.75) is 29.7 Å². The van der Waals surface area contributed by atoms with Crippen LogP contribution in [0.3, 0.4) is 0 Å². The molecule has 6 nitrogen and oxygen atoms in total. The molecule has 3 aromatic rings. The van der Waals surface area contributed by atoms with Crippen molar-refractivity contribution in [1.82, 2.24) is 9.97 Å². The van der Waals surface area contributed by atoms with E-state index in [0.717, 1.165) is 41.7 Å². The van der Waals surface area contributed by atoms with Crippen molar-refractivity contribution in [3.63, 3.8) is 0 Å². The number of rotatable bonds is 6. The Bertz CT molecular complexity index is 1030. The van der Waals surface area contributed by atoms with Gasteiger partial charge in [-0.2, -0.15) is 0 Å². The fourth-order valence-corrected chi connectivity index (χ4v) is 4.54. The number of carbonyl (C=O) groups is 1. The number of aryl methyl sites for hydroxylation is 1. The third-order valence-corrected chi connectivity index (χ3v) is 6.40. The number of nitrogens with zero attached hydrogens (tertiary/aromatic N) is 3. The van der Waals surface area contributed by atoms with Crippen LogP contribution in [0.4, 0.5) is 11.5 Å². The highest BCUT2D eigenvalue weighted by atomic mass is 32.2. The summed E-state index contributed by atoms with van der Waals surface area (Å²) in [4.78, 5) is 25.3. The third kappa shape index (κ3) is 5.17. The number of nitrogens with one attached hydrogen (secondary N) is 1. The maximum absolute atomic E-state index is 12.8. The molecule has 2 aromatic carbocycles. The first kappa shape index (κ1) is 21.2. The van der Waals surface area contributed by atoms with Gasteiger partial charge in [-0.3, -0.25) is 4.79 Å². The number of piperidine rings is 1. The zero-order valence-corrected chi connectivity index (χ0v) is 18.6. The number of amides is 1. The van der Waals surface area contributed by atoms with Gasteiger partial charge in [0.15, 0.2) is 5.82 Å². The Kier molecular flexibility index (Phi) is 6.72. The molecule has 2 heterocycles. The molecule has 1 aliphatic rings. The number of benzene rings is 2. The minimum Gasteiger partial charge on any atom is -0.495 e. The van der Waals surface area contributed by atoms with E-state index >= 15 is 0 Å². The Labute approximate surface area is 187 Å². The number of hydrogen-bond donors (Lipinski definition) is 1. The first-order chi connectivity index (χ1) is 15.1. The highest BCUT2D eigenvalue weighted by Gasteiger charge is 2.27. The van der Waals surface area contributed by atoms with E-state index in [2.05, 4.69) is 51.4 Å². The highest BCUT2D eigenvalue weighted by Crippen LogP contribution is 2.34. The Hall–Kier alpha value is -3.06. The van der Waals surface area contributed by atoms with Gasteiger partial charge in [-0.25, -0.2) is 9.97 Å². The van der Waals surface area contributed by atoms with Gasteiger partial charge in [-0.15, -0.1) is 0 Å². The van der Waals surface area contributed by atoms with Crippen LogP contribution in [-0.4, -0.2) is 36.1 Å². The van der Waals surface area contributed by atoms with E-state index in [9.17, 15) is 4.79 Å². The second-order valence-corrected chi connectivity index (χ2v) is 8.61. The predicted octanol–water partition coefficient (Wildman–Crippen LogP) is 4.80. The van der Waals surface area contributed by atoms with Gasteiger partial charge in [-0.1, -0.05) is 41.6 Å².